The number of benzene rings is 1. The molecule has 1 aliphatic carbocycles. The van der Waals surface area contributed by atoms with E-state index in [1.807, 2.05) is 30.3 Å². The third kappa shape index (κ3) is 1.68. The van der Waals surface area contributed by atoms with Gasteiger partial charge in [0.1, 0.15) is 11.6 Å². The minimum absolute atomic E-state index is 0.0662. The van der Waals surface area contributed by atoms with E-state index in [0.29, 0.717) is 5.92 Å². The van der Waals surface area contributed by atoms with E-state index >= 15 is 0 Å². The van der Waals surface area contributed by atoms with Crippen molar-refractivity contribution >= 4 is 11.8 Å². The SMILES string of the molecule is CC1(c2ccccc2)NC(=O)C(C2CC2)NC1=O. The molecule has 0 bridgehead atoms. The molecular weight excluding hydrogens is 228 g/mol. The molecule has 0 spiro atoms. The molecule has 94 valence electrons. The fourth-order valence-corrected chi connectivity index (χ4v) is 2.47. The number of rotatable bonds is 2. The van der Waals surface area contributed by atoms with Crippen LogP contribution in [0.1, 0.15) is 25.3 Å². The Kier molecular flexibility index (Phi) is 2.40. The van der Waals surface area contributed by atoms with E-state index in [2.05, 4.69) is 10.6 Å². The monoisotopic (exact) mass is 244 g/mol. The Hall–Kier alpha value is -1.84. The van der Waals surface area contributed by atoms with Crippen LogP contribution in [-0.2, 0) is 15.1 Å². The molecule has 1 heterocycles. The first-order valence-corrected chi connectivity index (χ1v) is 6.30. The molecule has 4 heteroatoms. The van der Waals surface area contributed by atoms with Gasteiger partial charge in [0.15, 0.2) is 0 Å². The maximum atomic E-state index is 12.3. The summed E-state index contributed by atoms with van der Waals surface area (Å²) in [6.45, 7) is 1.75. The van der Waals surface area contributed by atoms with E-state index < -0.39 is 5.54 Å². The summed E-state index contributed by atoms with van der Waals surface area (Å²) >= 11 is 0. The highest BCUT2D eigenvalue weighted by atomic mass is 16.2. The summed E-state index contributed by atoms with van der Waals surface area (Å²) in [5.74, 6) is 0.142. The van der Waals surface area contributed by atoms with Crippen molar-refractivity contribution in [3.05, 3.63) is 35.9 Å². The molecule has 2 unspecified atom stereocenters. The molecule has 3 rings (SSSR count). The van der Waals surface area contributed by atoms with Crippen molar-refractivity contribution in [3.63, 3.8) is 0 Å². The molecule has 1 aliphatic heterocycles. The molecule has 2 aliphatic rings. The van der Waals surface area contributed by atoms with Crippen molar-refractivity contribution < 1.29 is 9.59 Å². The predicted octanol–water partition coefficient (Wildman–Crippen LogP) is 0.926. The van der Waals surface area contributed by atoms with E-state index in [1.54, 1.807) is 6.92 Å². The zero-order chi connectivity index (χ0) is 12.8. The average molecular weight is 244 g/mol. The van der Waals surface area contributed by atoms with Crippen molar-refractivity contribution in [2.45, 2.75) is 31.3 Å². The second-order valence-electron chi connectivity index (χ2n) is 5.27. The molecule has 1 saturated carbocycles. The molecule has 18 heavy (non-hydrogen) atoms. The molecular formula is C14H16N2O2. The highest BCUT2D eigenvalue weighted by Gasteiger charge is 2.48. The smallest absolute Gasteiger partial charge is 0.250 e. The van der Waals surface area contributed by atoms with Gasteiger partial charge >= 0.3 is 0 Å². The van der Waals surface area contributed by atoms with Crippen LogP contribution in [0.2, 0.25) is 0 Å². The number of amides is 2. The summed E-state index contributed by atoms with van der Waals surface area (Å²) in [6.07, 6.45) is 2.06. The van der Waals surface area contributed by atoms with Crippen LogP contribution in [0, 0.1) is 5.92 Å². The van der Waals surface area contributed by atoms with Crippen LogP contribution in [0.25, 0.3) is 0 Å². The Balaban J connectivity index is 1.90. The lowest BCUT2D eigenvalue weighted by Gasteiger charge is -2.37. The summed E-state index contributed by atoms with van der Waals surface area (Å²) in [6, 6.07) is 9.01. The first kappa shape index (κ1) is 11.3. The second kappa shape index (κ2) is 3.83. The lowest BCUT2D eigenvalue weighted by molar-refractivity contribution is -0.141. The first-order chi connectivity index (χ1) is 8.61. The van der Waals surface area contributed by atoms with Gasteiger partial charge in [-0.05, 0) is 31.2 Å². The van der Waals surface area contributed by atoms with Crippen molar-refractivity contribution in [2.75, 3.05) is 0 Å². The van der Waals surface area contributed by atoms with Crippen molar-refractivity contribution in [1.29, 1.82) is 0 Å². The summed E-state index contributed by atoms with van der Waals surface area (Å²) < 4.78 is 0. The van der Waals surface area contributed by atoms with Gasteiger partial charge in [0.25, 0.3) is 5.91 Å². The molecule has 1 saturated heterocycles. The third-order valence-corrected chi connectivity index (χ3v) is 3.84. The summed E-state index contributed by atoms with van der Waals surface area (Å²) in [5, 5.41) is 5.75. The van der Waals surface area contributed by atoms with Crippen molar-refractivity contribution in [3.8, 4) is 0 Å². The predicted molar refractivity (Wildman–Crippen MR) is 66.6 cm³/mol. The van der Waals surface area contributed by atoms with Gasteiger partial charge in [-0.25, -0.2) is 0 Å². The average Bonchev–Trinajstić information content (AvgIpc) is 3.19. The van der Waals surface area contributed by atoms with Gasteiger partial charge in [0, 0.05) is 0 Å². The molecule has 2 amide bonds. The van der Waals surface area contributed by atoms with Gasteiger partial charge < -0.3 is 10.6 Å². The molecule has 1 aromatic carbocycles. The number of carbonyl (C=O) groups is 2. The molecule has 1 aromatic rings. The topological polar surface area (TPSA) is 58.2 Å². The molecule has 2 fully saturated rings. The maximum absolute atomic E-state index is 12.3. The van der Waals surface area contributed by atoms with Gasteiger partial charge in [-0.2, -0.15) is 0 Å². The van der Waals surface area contributed by atoms with E-state index in [4.69, 9.17) is 0 Å². The number of piperazine rings is 1. The fraction of sp³-hybridized carbons (Fsp3) is 0.429. The van der Waals surface area contributed by atoms with E-state index in [1.165, 1.54) is 0 Å². The lowest BCUT2D eigenvalue weighted by atomic mass is 9.87. The Morgan fingerprint density at radius 1 is 1.17 bits per heavy atom. The van der Waals surface area contributed by atoms with Gasteiger partial charge in [0.2, 0.25) is 5.91 Å². The summed E-state index contributed by atoms with van der Waals surface area (Å²) in [5.41, 5.74) is -0.144. The van der Waals surface area contributed by atoms with Crippen molar-refractivity contribution in [2.24, 2.45) is 5.92 Å². The van der Waals surface area contributed by atoms with Gasteiger partial charge in [-0.3, -0.25) is 9.59 Å². The zero-order valence-corrected chi connectivity index (χ0v) is 10.3. The summed E-state index contributed by atoms with van der Waals surface area (Å²) in [7, 11) is 0. The Morgan fingerprint density at radius 2 is 1.83 bits per heavy atom. The second-order valence-corrected chi connectivity index (χ2v) is 5.27. The van der Waals surface area contributed by atoms with Crippen LogP contribution in [0.3, 0.4) is 0 Å². The minimum Gasteiger partial charge on any atom is -0.342 e. The van der Waals surface area contributed by atoms with Crippen LogP contribution in [0.5, 0.6) is 0 Å². The normalized spacial score (nSPS) is 31.7. The lowest BCUT2D eigenvalue weighted by Crippen LogP contribution is -2.66. The zero-order valence-electron chi connectivity index (χ0n) is 10.3. The van der Waals surface area contributed by atoms with Gasteiger partial charge in [-0.15, -0.1) is 0 Å². The Morgan fingerprint density at radius 3 is 2.44 bits per heavy atom. The minimum atomic E-state index is -0.955. The third-order valence-electron chi connectivity index (χ3n) is 3.84. The Bertz CT molecular complexity index is 496. The van der Waals surface area contributed by atoms with Crippen LogP contribution < -0.4 is 10.6 Å². The molecule has 0 radical (unpaired) electrons. The highest BCUT2D eigenvalue weighted by Crippen LogP contribution is 2.35. The highest BCUT2D eigenvalue weighted by molar-refractivity contribution is 6.00. The number of carbonyl (C=O) groups excluding carboxylic acids is 2. The standard InChI is InChI=1S/C14H16N2O2/c1-14(10-5-3-2-4-6-10)13(18)15-11(9-7-8-9)12(17)16-14/h2-6,9,11H,7-8H2,1H3,(H,15,18)(H,16,17). The largest absolute Gasteiger partial charge is 0.342 e. The maximum Gasteiger partial charge on any atom is 0.250 e. The fourth-order valence-electron chi connectivity index (χ4n) is 2.47. The van der Waals surface area contributed by atoms with Crippen LogP contribution in [0.15, 0.2) is 30.3 Å². The van der Waals surface area contributed by atoms with Crippen LogP contribution in [0.4, 0.5) is 0 Å². The Labute approximate surface area is 106 Å². The van der Waals surface area contributed by atoms with Gasteiger partial charge in [-0.1, -0.05) is 30.3 Å². The van der Waals surface area contributed by atoms with E-state index in [-0.39, 0.29) is 17.9 Å². The quantitative estimate of drug-likeness (QED) is 0.813. The first-order valence-electron chi connectivity index (χ1n) is 6.30. The van der Waals surface area contributed by atoms with Crippen LogP contribution in [-0.4, -0.2) is 17.9 Å². The number of nitrogens with one attached hydrogen (secondary N) is 2. The molecule has 4 nitrogen and oxygen atoms in total. The van der Waals surface area contributed by atoms with Crippen LogP contribution >= 0.6 is 0 Å². The molecule has 2 N–H and O–H groups in total. The number of hydrogen-bond donors (Lipinski definition) is 2. The molecule has 0 aromatic heterocycles. The van der Waals surface area contributed by atoms with E-state index in [0.717, 1.165) is 18.4 Å². The van der Waals surface area contributed by atoms with E-state index in [9.17, 15) is 9.59 Å². The number of hydrogen-bond acceptors (Lipinski definition) is 2. The summed E-state index contributed by atoms with van der Waals surface area (Å²) in [4.78, 5) is 24.4. The van der Waals surface area contributed by atoms with Crippen molar-refractivity contribution in [1.82, 2.24) is 10.6 Å². The molecule has 2 atom stereocenters. The van der Waals surface area contributed by atoms with Gasteiger partial charge in [0.05, 0.1) is 0 Å².